The number of halogens is 1. The highest BCUT2D eigenvalue weighted by molar-refractivity contribution is 6.32. The van der Waals surface area contributed by atoms with Crippen molar-refractivity contribution in [1.29, 1.82) is 0 Å². The molecule has 0 radical (unpaired) electrons. The smallest absolute Gasteiger partial charge is 0.220 e. The van der Waals surface area contributed by atoms with Crippen molar-refractivity contribution in [1.82, 2.24) is 5.32 Å². The molecule has 122 valence electrons. The Bertz CT molecular complexity index is 552. The molecule has 1 unspecified atom stereocenters. The van der Waals surface area contributed by atoms with Crippen LogP contribution in [0.25, 0.3) is 0 Å². The Balaban J connectivity index is 1.94. The lowest BCUT2D eigenvalue weighted by Gasteiger charge is -2.26. The number of amides is 1. The van der Waals surface area contributed by atoms with E-state index in [2.05, 4.69) is 33.0 Å². The zero-order valence-electron chi connectivity index (χ0n) is 13.7. The Hall–Kier alpha value is -1.42. The van der Waals surface area contributed by atoms with Gasteiger partial charge < -0.3 is 14.8 Å². The largest absolute Gasteiger partial charge is 0.486 e. The molecule has 0 saturated carbocycles. The molecule has 22 heavy (non-hydrogen) atoms. The van der Waals surface area contributed by atoms with Gasteiger partial charge in [0.1, 0.15) is 13.2 Å². The predicted molar refractivity (Wildman–Crippen MR) is 87.5 cm³/mol. The van der Waals surface area contributed by atoms with Gasteiger partial charge in [0, 0.05) is 13.0 Å². The van der Waals surface area contributed by atoms with E-state index in [1.165, 1.54) is 0 Å². The number of carbonyl (C=O) groups excluding carboxylic acids is 1. The third-order valence-corrected chi connectivity index (χ3v) is 4.40. The van der Waals surface area contributed by atoms with Crippen LogP contribution in [0.5, 0.6) is 11.5 Å². The molecule has 5 heteroatoms. The third-order valence-electron chi connectivity index (χ3n) is 4.12. The number of fused-ring (bicyclic) bond motifs is 1. The zero-order chi connectivity index (χ0) is 16.3. The minimum atomic E-state index is 0.0495. The highest BCUT2D eigenvalue weighted by Crippen LogP contribution is 2.38. The topological polar surface area (TPSA) is 47.6 Å². The van der Waals surface area contributed by atoms with Crippen molar-refractivity contribution in [3.05, 3.63) is 22.7 Å². The van der Waals surface area contributed by atoms with E-state index < -0.39 is 0 Å². The summed E-state index contributed by atoms with van der Waals surface area (Å²) in [5.41, 5.74) is 1.03. The maximum atomic E-state index is 12.0. The lowest BCUT2D eigenvalue weighted by molar-refractivity contribution is -0.122. The van der Waals surface area contributed by atoms with Gasteiger partial charge in [0.2, 0.25) is 5.91 Å². The summed E-state index contributed by atoms with van der Waals surface area (Å²) in [6.45, 7) is 9.99. The van der Waals surface area contributed by atoms with E-state index in [9.17, 15) is 4.79 Å². The van der Waals surface area contributed by atoms with Crippen LogP contribution in [0.4, 0.5) is 0 Å². The van der Waals surface area contributed by atoms with Crippen molar-refractivity contribution in [3.63, 3.8) is 0 Å². The fourth-order valence-corrected chi connectivity index (χ4v) is 2.41. The molecule has 0 bridgehead atoms. The van der Waals surface area contributed by atoms with Crippen LogP contribution in [-0.4, -0.2) is 19.1 Å². The number of hydrogen-bond acceptors (Lipinski definition) is 3. The summed E-state index contributed by atoms with van der Waals surface area (Å²) in [4.78, 5) is 12.0. The van der Waals surface area contributed by atoms with Crippen LogP contribution in [0, 0.1) is 11.3 Å². The number of rotatable bonds is 4. The van der Waals surface area contributed by atoms with Crippen molar-refractivity contribution in [2.75, 3.05) is 13.2 Å². The summed E-state index contributed by atoms with van der Waals surface area (Å²) in [6.07, 6.45) is 0.516. The first-order valence-electron chi connectivity index (χ1n) is 7.62. The average molecular weight is 326 g/mol. The SMILES string of the molecule is CC(CC(=O)NCc1cc(Cl)c2c(c1)OCCO2)C(C)(C)C. The van der Waals surface area contributed by atoms with Gasteiger partial charge in [0.25, 0.3) is 0 Å². The molecule has 0 fully saturated rings. The molecule has 1 N–H and O–H groups in total. The van der Waals surface area contributed by atoms with Gasteiger partial charge in [-0.15, -0.1) is 0 Å². The molecule has 0 spiro atoms. The van der Waals surface area contributed by atoms with Gasteiger partial charge in [-0.25, -0.2) is 0 Å². The summed E-state index contributed by atoms with van der Waals surface area (Å²) in [6, 6.07) is 3.68. The molecule has 0 saturated heterocycles. The second kappa shape index (κ2) is 6.78. The predicted octanol–water partition coefficient (Wildman–Crippen LogP) is 3.80. The number of carbonyl (C=O) groups is 1. The lowest BCUT2D eigenvalue weighted by atomic mass is 9.80. The molecule has 1 aliphatic rings. The molecule has 0 aliphatic carbocycles. The molecule has 4 nitrogen and oxygen atoms in total. The molecular weight excluding hydrogens is 302 g/mol. The maximum Gasteiger partial charge on any atom is 0.220 e. The first kappa shape index (κ1) is 16.9. The molecule has 1 aromatic rings. The molecule has 1 atom stereocenters. The lowest BCUT2D eigenvalue weighted by Crippen LogP contribution is -2.28. The molecule has 1 aromatic carbocycles. The van der Waals surface area contributed by atoms with Crippen LogP contribution in [-0.2, 0) is 11.3 Å². The second-order valence-electron chi connectivity index (χ2n) is 6.85. The van der Waals surface area contributed by atoms with Crippen LogP contribution < -0.4 is 14.8 Å². The van der Waals surface area contributed by atoms with Crippen LogP contribution >= 0.6 is 11.6 Å². The second-order valence-corrected chi connectivity index (χ2v) is 7.26. The minimum absolute atomic E-state index is 0.0495. The van der Waals surface area contributed by atoms with Crippen LogP contribution in [0.1, 0.15) is 39.7 Å². The molecule has 2 rings (SSSR count). The van der Waals surface area contributed by atoms with Gasteiger partial charge in [-0.3, -0.25) is 4.79 Å². The Kier molecular flexibility index (Phi) is 5.22. The van der Waals surface area contributed by atoms with Crippen LogP contribution in [0.2, 0.25) is 5.02 Å². The Morgan fingerprint density at radius 1 is 1.32 bits per heavy atom. The van der Waals surface area contributed by atoms with E-state index in [1.807, 2.05) is 12.1 Å². The van der Waals surface area contributed by atoms with E-state index in [0.717, 1.165) is 5.56 Å². The average Bonchev–Trinajstić information content (AvgIpc) is 2.44. The van der Waals surface area contributed by atoms with E-state index in [4.69, 9.17) is 21.1 Å². The van der Waals surface area contributed by atoms with Gasteiger partial charge in [-0.2, -0.15) is 0 Å². The maximum absolute atomic E-state index is 12.0. The fraction of sp³-hybridized carbons (Fsp3) is 0.588. The van der Waals surface area contributed by atoms with Crippen molar-refractivity contribution in [2.45, 2.75) is 40.7 Å². The highest BCUT2D eigenvalue weighted by Gasteiger charge is 2.22. The zero-order valence-corrected chi connectivity index (χ0v) is 14.4. The summed E-state index contributed by atoms with van der Waals surface area (Å²) in [5, 5.41) is 3.46. The van der Waals surface area contributed by atoms with Gasteiger partial charge in [0.15, 0.2) is 11.5 Å². The summed E-state index contributed by atoms with van der Waals surface area (Å²) >= 11 is 6.19. The quantitative estimate of drug-likeness (QED) is 0.916. The number of benzene rings is 1. The van der Waals surface area contributed by atoms with E-state index >= 15 is 0 Å². The Labute approximate surface area is 137 Å². The molecule has 0 aromatic heterocycles. The van der Waals surface area contributed by atoms with Gasteiger partial charge in [-0.05, 0) is 29.0 Å². The third kappa shape index (κ3) is 4.29. The normalized spacial score (nSPS) is 15.3. The van der Waals surface area contributed by atoms with Gasteiger partial charge in [-0.1, -0.05) is 39.3 Å². The number of ether oxygens (including phenoxy) is 2. The molecule has 1 amide bonds. The molecule has 1 aliphatic heterocycles. The number of hydrogen-bond donors (Lipinski definition) is 1. The van der Waals surface area contributed by atoms with Crippen LogP contribution in [0.3, 0.4) is 0 Å². The highest BCUT2D eigenvalue weighted by atomic mass is 35.5. The summed E-state index contributed by atoms with van der Waals surface area (Å²) < 4.78 is 11.0. The summed E-state index contributed by atoms with van der Waals surface area (Å²) in [7, 11) is 0. The molecular formula is C17H24ClNO3. The van der Waals surface area contributed by atoms with E-state index in [0.29, 0.717) is 48.6 Å². The van der Waals surface area contributed by atoms with Crippen molar-refractivity contribution in [2.24, 2.45) is 11.3 Å². The van der Waals surface area contributed by atoms with E-state index in [1.54, 1.807) is 0 Å². The first-order chi connectivity index (χ1) is 10.3. The van der Waals surface area contributed by atoms with Crippen LogP contribution in [0.15, 0.2) is 12.1 Å². The standard InChI is InChI=1S/C17H24ClNO3/c1-11(17(2,3)4)7-15(20)19-10-12-8-13(18)16-14(9-12)21-5-6-22-16/h8-9,11H,5-7,10H2,1-4H3,(H,19,20). The van der Waals surface area contributed by atoms with Crippen molar-refractivity contribution < 1.29 is 14.3 Å². The first-order valence-corrected chi connectivity index (χ1v) is 8.00. The Morgan fingerprint density at radius 3 is 2.68 bits per heavy atom. The van der Waals surface area contributed by atoms with Crippen molar-refractivity contribution in [3.8, 4) is 11.5 Å². The van der Waals surface area contributed by atoms with Gasteiger partial charge >= 0.3 is 0 Å². The molecule has 1 heterocycles. The van der Waals surface area contributed by atoms with Crippen molar-refractivity contribution >= 4 is 17.5 Å². The number of nitrogens with one attached hydrogen (secondary N) is 1. The van der Waals surface area contributed by atoms with E-state index in [-0.39, 0.29) is 11.3 Å². The minimum Gasteiger partial charge on any atom is -0.486 e. The Morgan fingerprint density at radius 2 is 2.00 bits per heavy atom. The summed E-state index contributed by atoms with van der Waals surface area (Å²) in [5.74, 6) is 1.60. The fourth-order valence-electron chi connectivity index (χ4n) is 2.12. The monoisotopic (exact) mass is 325 g/mol. The van der Waals surface area contributed by atoms with Gasteiger partial charge in [0.05, 0.1) is 5.02 Å².